The number of methoxy groups -OCH3 is 1. The number of rotatable bonds is 4. The zero-order chi connectivity index (χ0) is 12.3. The Morgan fingerprint density at radius 3 is 2.94 bits per heavy atom. The van der Waals surface area contributed by atoms with Gasteiger partial charge in [-0.3, -0.25) is 0 Å². The summed E-state index contributed by atoms with van der Waals surface area (Å²) in [7, 11) is 1.70. The molecule has 0 aromatic heterocycles. The van der Waals surface area contributed by atoms with Gasteiger partial charge in [-0.2, -0.15) is 0 Å². The summed E-state index contributed by atoms with van der Waals surface area (Å²) < 4.78 is 10.7. The molecular formula is C14H21NO2. The third kappa shape index (κ3) is 2.99. The average Bonchev–Trinajstić information content (AvgIpc) is 2.76. The van der Waals surface area contributed by atoms with Crippen molar-refractivity contribution in [2.24, 2.45) is 0 Å². The van der Waals surface area contributed by atoms with Crippen molar-refractivity contribution in [1.29, 1.82) is 0 Å². The Hall–Kier alpha value is -1.06. The number of hydrogen-bond acceptors (Lipinski definition) is 3. The van der Waals surface area contributed by atoms with Gasteiger partial charge in [0.05, 0.1) is 13.7 Å². The van der Waals surface area contributed by atoms with Gasteiger partial charge in [0.15, 0.2) is 0 Å². The summed E-state index contributed by atoms with van der Waals surface area (Å²) in [5.41, 5.74) is 1.35. The first-order valence-electron chi connectivity index (χ1n) is 6.12. The van der Waals surface area contributed by atoms with Crippen molar-refractivity contribution in [2.45, 2.75) is 31.8 Å². The molecule has 17 heavy (non-hydrogen) atoms. The number of nitrogens with one attached hydrogen (secondary N) is 1. The summed E-state index contributed by atoms with van der Waals surface area (Å²) in [5, 5.41) is 3.64. The maximum Gasteiger partial charge on any atom is 0.119 e. The van der Waals surface area contributed by atoms with Gasteiger partial charge >= 0.3 is 0 Å². The van der Waals surface area contributed by atoms with Gasteiger partial charge < -0.3 is 14.8 Å². The highest BCUT2D eigenvalue weighted by Crippen LogP contribution is 2.24. The second-order valence-electron chi connectivity index (χ2n) is 5.01. The minimum absolute atomic E-state index is 0.0997. The maximum absolute atomic E-state index is 5.45. The standard InChI is InChI=1S/C14H21NO2/c1-11(15-14(2)7-8-17-10-14)12-5-4-6-13(9-12)16-3/h4-6,9,11,15H,7-8,10H2,1-3H3/t11-,14+/m1/s1. The third-order valence-electron chi connectivity index (χ3n) is 3.38. The van der Waals surface area contributed by atoms with Crippen molar-refractivity contribution in [2.75, 3.05) is 20.3 Å². The Morgan fingerprint density at radius 2 is 2.29 bits per heavy atom. The summed E-state index contributed by atoms with van der Waals surface area (Å²) in [6, 6.07) is 8.50. The molecule has 2 rings (SSSR count). The highest BCUT2D eigenvalue weighted by atomic mass is 16.5. The van der Waals surface area contributed by atoms with E-state index in [0.717, 1.165) is 25.4 Å². The molecule has 1 heterocycles. The summed E-state index contributed by atoms with van der Waals surface area (Å²) in [6.45, 7) is 6.05. The van der Waals surface area contributed by atoms with Crippen LogP contribution < -0.4 is 10.1 Å². The smallest absolute Gasteiger partial charge is 0.119 e. The SMILES string of the molecule is COc1cccc([C@@H](C)N[C@@]2(C)CCOC2)c1. The summed E-state index contributed by atoms with van der Waals surface area (Å²) >= 11 is 0. The van der Waals surface area contributed by atoms with Gasteiger partial charge in [-0.15, -0.1) is 0 Å². The predicted molar refractivity (Wildman–Crippen MR) is 68.4 cm³/mol. The molecule has 3 heteroatoms. The first-order valence-corrected chi connectivity index (χ1v) is 6.12. The Labute approximate surface area is 103 Å². The van der Waals surface area contributed by atoms with Crippen LogP contribution in [0.25, 0.3) is 0 Å². The Kier molecular flexibility index (Phi) is 3.69. The summed E-state index contributed by atoms with van der Waals surface area (Å²) in [4.78, 5) is 0. The van der Waals surface area contributed by atoms with Crippen LogP contribution in [0.5, 0.6) is 5.75 Å². The first kappa shape index (κ1) is 12.4. The second-order valence-corrected chi connectivity index (χ2v) is 5.01. The molecule has 0 radical (unpaired) electrons. The van der Waals surface area contributed by atoms with Crippen LogP contribution in [0.2, 0.25) is 0 Å². The highest BCUT2D eigenvalue weighted by Gasteiger charge is 2.30. The monoisotopic (exact) mass is 235 g/mol. The lowest BCUT2D eigenvalue weighted by molar-refractivity contribution is 0.167. The third-order valence-corrected chi connectivity index (χ3v) is 3.38. The van der Waals surface area contributed by atoms with E-state index in [4.69, 9.17) is 9.47 Å². The molecule has 0 saturated carbocycles. The number of hydrogen-bond donors (Lipinski definition) is 1. The second kappa shape index (κ2) is 5.07. The van der Waals surface area contributed by atoms with Gasteiger partial charge in [-0.1, -0.05) is 12.1 Å². The maximum atomic E-state index is 5.45. The van der Waals surface area contributed by atoms with Crippen molar-refractivity contribution >= 4 is 0 Å². The van der Waals surface area contributed by atoms with E-state index in [-0.39, 0.29) is 5.54 Å². The van der Waals surface area contributed by atoms with E-state index in [1.807, 2.05) is 12.1 Å². The van der Waals surface area contributed by atoms with Crippen LogP contribution in [0.1, 0.15) is 31.9 Å². The first-order chi connectivity index (χ1) is 8.13. The van der Waals surface area contributed by atoms with Crippen LogP contribution in [0.15, 0.2) is 24.3 Å². The van der Waals surface area contributed by atoms with E-state index in [1.165, 1.54) is 5.56 Å². The molecule has 94 valence electrons. The topological polar surface area (TPSA) is 30.5 Å². The van der Waals surface area contributed by atoms with Crippen LogP contribution in [0, 0.1) is 0 Å². The molecule has 0 unspecified atom stereocenters. The molecule has 0 aliphatic carbocycles. The molecule has 0 bridgehead atoms. The van der Waals surface area contributed by atoms with E-state index in [1.54, 1.807) is 7.11 Å². The van der Waals surface area contributed by atoms with E-state index in [2.05, 4.69) is 31.3 Å². The molecule has 1 aromatic rings. The van der Waals surface area contributed by atoms with E-state index in [0.29, 0.717) is 6.04 Å². The molecule has 1 aliphatic rings. The van der Waals surface area contributed by atoms with Gasteiger partial charge in [0.25, 0.3) is 0 Å². The molecule has 1 aliphatic heterocycles. The summed E-state index contributed by atoms with van der Waals surface area (Å²) in [5.74, 6) is 0.906. The lowest BCUT2D eigenvalue weighted by atomic mass is 9.98. The minimum Gasteiger partial charge on any atom is -0.497 e. The van der Waals surface area contributed by atoms with Gasteiger partial charge in [-0.05, 0) is 38.0 Å². The Balaban J connectivity index is 2.05. The predicted octanol–water partition coefficient (Wildman–Crippen LogP) is 2.52. The van der Waals surface area contributed by atoms with Crippen LogP contribution in [0.3, 0.4) is 0 Å². The van der Waals surface area contributed by atoms with Gasteiger partial charge in [0.1, 0.15) is 5.75 Å². The molecule has 0 amide bonds. The quantitative estimate of drug-likeness (QED) is 0.870. The molecule has 0 spiro atoms. The normalized spacial score (nSPS) is 25.8. The van der Waals surface area contributed by atoms with Crippen LogP contribution >= 0.6 is 0 Å². The minimum atomic E-state index is 0.0997. The Bertz CT molecular complexity index is 372. The van der Waals surface area contributed by atoms with Crippen molar-refractivity contribution in [1.82, 2.24) is 5.32 Å². The van der Waals surface area contributed by atoms with Crippen LogP contribution in [-0.4, -0.2) is 25.9 Å². The lowest BCUT2D eigenvalue weighted by Crippen LogP contribution is -2.44. The highest BCUT2D eigenvalue weighted by molar-refractivity contribution is 5.30. The van der Waals surface area contributed by atoms with E-state index in [9.17, 15) is 0 Å². The fraction of sp³-hybridized carbons (Fsp3) is 0.571. The Morgan fingerprint density at radius 1 is 1.47 bits per heavy atom. The zero-order valence-electron chi connectivity index (χ0n) is 10.8. The lowest BCUT2D eigenvalue weighted by Gasteiger charge is -2.28. The van der Waals surface area contributed by atoms with E-state index >= 15 is 0 Å². The fourth-order valence-corrected chi connectivity index (χ4v) is 2.30. The number of ether oxygens (including phenoxy) is 2. The molecule has 1 aromatic carbocycles. The molecule has 1 saturated heterocycles. The number of benzene rings is 1. The molecule has 3 nitrogen and oxygen atoms in total. The fourth-order valence-electron chi connectivity index (χ4n) is 2.30. The molecule has 2 atom stereocenters. The van der Waals surface area contributed by atoms with Crippen molar-refractivity contribution in [3.8, 4) is 5.75 Å². The van der Waals surface area contributed by atoms with Crippen molar-refractivity contribution in [3.05, 3.63) is 29.8 Å². The molecule has 1 N–H and O–H groups in total. The van der Waals surface area contributed by atoms with Crippen LogP contribution in [0.4, 0.5) is 0 Å². The summed E-state index contributed by atoms with van der Waals surface area (Å²) in [6.07, 6.45) is 1.07. The zero-order valence-corrected chi connectivity index (χ0v) is 10.8. The molecule has 1 fully saturated rings. The largest absolute Gasteiger partial charge is 0.497 e. The average molecular weight is 235 g/mol. The van der Waals surface area contributed by atoms with Crippen molar-refractivity contribution in [3.63, 3.8) is 0 Å². The molecular weight excluding hydrogens is 214 g/mol. The van der Waals surface area contributed by atoms with Gasteiger partial charge in [-0.25, -0.2) is 0 Å². The van der Waals surface area contributed by atoms with Gasteiger partial charge in [0.2, 0.25) is 0 Å². The van der Waals surface area contributed by atoms with E-state index < -0.39 is 0 Å². The van der Waals surface area contributed by atoms with Crippen molar-refractivity contribution < 1.29 is 9.47 Å². The van der Waals surface area contributed by atoms with Gasteiger partial charge in [0, 0.05) is 18.2 Å². The van der Waals surface area contributed by atoms with Crippen LogP contribution in [-0.2, 0) is 4.74 Å².